The number of aromatic nitrogens is 4. The molecule has 200 valence electrons. The number of ether oxygens (including phenoxy) is 1. The molecule has 3 heterocycles. The summed E-state index contributed by atoms with van der Waals surface area (Å²) >= 11 is 1.52. The van der Waals surface area contributed by atoms with Gasteiger partial charge in [-0.25, -0.2) is 9.97 Å². The number of benzene rings is 1. The van der Waals surface area contributed by atoms with Crippen LogP contribution >= 0.6 is 11.3 Å². The van der Waals surface area contributed by atoms with E-state index in [-0.39, 0.29) is 12.7 Å². The van der Waals surface area contributed by atoms with Crippen LogP contribution in [-0.4, -0.2) is 73.8 Å². The van der Waals surface area contributed by atoms with E-state index in [4.69, 9.17) is 19.7 Å². The van der Waals surface area contributed by atoms with E-state index >= 15 is 0 Å². The zero-order valence-corrected chi connectivity index (χ0v) is 22.3. The number of nitrogens with zero attached hydrogens (tertiary/aromatic N) is 4. The van der Waals surface area contributed by atoms with E-state index in [1.165, 1.54) is 11.3 Å². The lowest BCUT2D eigenvalue weighted by molar-refractivity contribution is 0.00446. The minimum Gasteiger partial charge on any atom is -0.396 e. The van der Waals surface area contributed by atoms with Crippen molar-refractivity contribution < 1.29 is 20.1 Å². The van der Waals surface area contributed by atoms with Crippen LogP contribution in [0.1, 0.15) is 29.5 Å². The number of hydrogen-bond acceptors (Lipinski definition) is 11. The summed E-state index contributed by atoms with van der Waals surface area (Å²) in [6, 6.07) is 11.3. The Morgan fingerprint density at radius 3 is 2.53 bits per heavy atom. The molecule has 10 nitrogen and oxygen atoms in total. The fraction of sp³-hybridized carbons (Fsp3) is 0.407. The number of hydrogen-bond donors (Lipinski definition) is 5. The fourth-order valence-electron chi connectivity index (χ4n) is 4.91. The van der Waals surface area contributed by atoms with Crippen molar-refractivity contribution in [1.82, 2.24) is 19.9 Å². The molecule has 1 aliphatic rings. The molecule has 0 radical (unpaired) electrons. The molecule has 1 aromatic carbocycles. The highest BCUT2D eigenvalue weighted by atomic mass is 32.1. The molecule has 11 heteroatoms. The van der Waals surface area contributed by atoms with Crippen molar-refractivity contribution in [2.24, 2.45) is 5.92 Å². The lowest BCUT2D eigenvalue weighted by atomic mass is 10.1. The van der Waals surface area contributed by atoms with Crippen molar-refractivity contribution in [2.45, 2.75) is 44.6 Å². The third-order valence-corrected chi connectivity index (χ3v) is 8.09. The van der Waals surface area contributed by atoms with E-state index in [9.17, 15) is 15.3 Å². The molecule has 0 amide bonds. The quantitative estimate of drug-likeness (QED) is 0.216. The summed E-state index contributed by atoms with van der Waals surface area (Å²) < 4.78 is 6.68. The van der Waals surface area contributed by atoms with E-state index in [0.717, 1.165) is 32.0 Å². The van der Waals surface area contributed by atoms with Gasteiger partial charge in [-0.2, -0.15) is 4.98 Å². The smallest absolute Gasteiger partial charge is 0.225 e. The average Bonchev–Trinajstić information content (AvgIpc) is 3.47. The molecular weight excluding hydrogens is 504 g/mol. The normalized spacial score (nSPS) is 22.1. The summed E-state index contributed by atoms with van der Waals surface area (Å²) in [6.45, 7) is 4.06. The Balaban J connectivity index is 1.50. The maximum Gasteiger partial charge on any atom is 0.225 e. The number of thiazole rings is 1. The van der Waals surface area contributed by atoms with Gasteiger partial charge in [0.25, 0.3) is 0 Å². The van der Waals surface area contributed by atoms with Crippen LogP contribution in [-0.2, 0) is 4.74 Å². The highest BCUT2D eigenvalue weighted by Gasteiger charge is 2.41. The van der Waals surface area contributed by atoms with Crippen LogP contribution in [0.2, 0.25) is 0 Å². The number of pyridine rings is 1. The maximum atomic E-state index is 10.7. The summed E-state index contributed by atoms with van der Waals surface area (Å²) in [5.74, 6) is 0.474. The zero-order valence-electron chi connectivity index (χ0n) is 21.5. The summed E-state index contributed by atoms with van der Waals surface area (Å²) in [5, 5.41) is 38.1. The molecular formula is C27H32N6O4S. The highest BCUT2D eigenvalue weighted by molar-refractivity contribution is 7.21. The van der Waals surface area contributed by atoms with Gasteiger partial charge in [0.1, 0.15) is 22.4 Å². The second-order valence-electron chi connectivity index (χ2n) is 9.54. The molecule has 1 saturated carbocycles. The van der Waals surface area contributed by atoms with Crippen molar-refractivity contribution in [3.63, 3.8) is 0 Å². The fourth-order valence-corrected chi connectivity index (χ4v) is 6.03. The van der Waals surface area contributed by atoms with Gasteiger partial charge in [-0.05, 0) is 31.9 Å². The first-order chi connectivity index (χ1) is 18.4. The molecule has 1 aliphatic carbocycles. The van der Waals surface area contributed by atoms with E-state index in [1.807, 2.05) is 50.2 Å². The topological polar surface area (TPSA) is 146 Å². The molecule has 0 unspecified atom stereocenters. The molecule has 0 aliphatic heterocycles. The van der Waals surface area contributed by atoms with Gasteiger partial charge in [0.05, 0.1) is 39.9 Å². The molecule has 1 fully saturated rings. The number of fused-ring (bicyclic) bond motifs is 1. The molecule has 0 bridgehead atoms. The van der Waals surface area contributed by atoms with Crippen LogP contribution in [0.5, 0.6) is 0 Å². The molecule has 4 aromatic rings. The Labute approximate surface area is 224 Å². The van der Waals surface area contributed by atoms with Crippen molar-refractivity contribution in [2.75, 3.05) is 30.9 Å². The molecule has 5 atom stereocenters. The van der Waals surface area contributed by atoms with Crippen molar-refractivity contribution in [3.05, 3.63) is 59.5 Å². The molecule has 38 heavy (non-hydrogen) atoms. The predicted octanol–water partition coefficient (Wildman–Crippen LogP) is 3.08. The third-order valence-electron chi connectivity index (χ3n) is 7.05. The zero-order chi connectivity index (χ0) is 26.8. The maximum absolute atomic E-state index is 10.7. The number of methoxy groups -OCH3 is 1. The molecule has 5 N–H and O–H groups in total. The van der Waals surface area contributed by atoms with Crippen LogP contribution in [0.3, 0.4) is 0 Å². The minimum atomic E-state index is -1.05. The van der Waals surface area contributed by atoms with Gasteiger partial charge < -0.3 is 30.7 Å². The van der Waals surface area contributed by atoms with Gasteiger partial charge in [0, 0.05) is 32.4 Å². The largest absolute Gasteiger partial charge is 0.396 e. The van der Waals surface area contributed by atoms with Gasteiger partial charge >= 0.3 is 0 Å². The second kappa shape index (κ2) is 11.3. The SMILES string of the molecule is CO[C@@H](CNc1nc(C)c(-c2nc3c(C)nccc3s2)c(N[C@@H]2C[C@H](CO)[C@@H](O)[C@H]2O)n1)c1ccccc1. The summed E-state index contributed by atoms with van der Waals surface area (Å²) in [5.41, 5.74) is 4.11. The van der Waals surface area contributed by atoms with E-state index < -0.39 is 24.2 Å². The Bertz CT molecular complexity index is 1400. The first-order valence-electron chi connectivity index (χ1n) is 12.6. The van der Waals surface area contributed by atoms with Crippen LogP contribution < -0.4 is 10.6 Å². The number of rotatable bonds is 9. The Morgan fingerprint density at radius 1 is 1.05 bits per heavy atom. The van der Waals surface area contributed by atoms with Crippen LogP contribution in [0.4, 0.5) is 11.8 Å². The molecule has 3 aromatic heterocycles. The van der Waals surface area contributed by atoms with E-state index in [1.54, 1.807) is 13.3 Å². The number of aryl methyl sites for hydroxylation is 2. The van der Waals surface area contributed by atoms with E-state index in [2.05, 4.69) is 15.6 Å². The van der Waals surface area contributed by atoms with Crippen LogP contribution in [0.15, 0.2) is 42.6 Å². The molecule has 0 spiro atoms. The van der Waals surface area contributed by atoms with E-state index in [0.29, 0.717) is 30.4 Å². The molecule has 5 rings (SSSR count). The van der Waals surface area contributed by atoms with Crippen molar-refractivity contribution >= 4 is 33.3 Å². The summed E-state index contributed by atoms with van der Waals surface area (Å²) in [7, 11) is 1.66. The predicted molar refractivity (Wildman–Crippen MR) is 147 cm³/mol. The van der Waals surface area contributed by atoms with Gasteiger partial charge in [-0.3, -0.25) is 4.98 Å². The summed E-state index contributed by atoms with van der Waals surface area (Å²) in [6.07, 6.45) is -0.116. The number of anilines is 2. The highest BCUT2D eigenvalue weighted by Crippen LogP contribution is 2.38. The van der Waals surface area contributed by atoms with Gasteiger partial charge in [0.15, 0.2) is 0 Å². The standard InChI is InChI=1S/C27H32N6O4S/c1-14-21(26-32-22-15(2)28-10-9-20(22)38-26)25(31-18-11-17(13-34)23(35)24(18)36)33-27(30-14)29-12-19(37-3)16-7-5-4-6-8-16/h4-10,17-19,23-24,34-36H,11-13H2,1-3H3,(H2,29,30,31,33)/t17-,18-,19+,23-,24+/m1/s1. The lowest BCUT2D eigenvalue weighted by Gasteiger charge is -2.22. The Morgan fingerprint density at radius 2 is 1.84 bits per heavy atom. The average molecular weight is 537 g/mol. The first kappa shape index (κ1) is 26.4. The monoisotopic (exact) mass is 536 g/mol. The second-order valence-corrected chi connectivity index (χ2v) is 10.6. The lowest BCUT2D eigenvalue weighted by Crippen LogP contribution is -2.35. The Hall–Kier alpha value is -3.22. The van der Waals surface area contributed by atoms with Crippen LogP contribution in [0.25, 0.3) is 20.8 Å². The number of aliphatic hydroxyl groups excluding tert-OH is 3. The van der Waals surface area contributed by atoms with Gasteiger partial charge in [-0.15, -0.1) is 11.3 Å². The Kier molecular flexibility index (Phi) is 7.82. The van der Waals surface area contributed by atoms with Crippen molar-refractivity contribution in [1.29, 1.82) is 0 Å². The van der Waals surface area contributed by atoms with Gasteiger partial charge in [0.2, 0.25) is 5.95 Å². The van der Waals surface area contributed by atoms with Gasteiger partial charge in [-0.1, -0.05) is 30.3 Å². The third kappa shape index (κ3) is 5.20. The van der Waals surface area contributed by atoms with Crippen molar-refractivity contribution in [3.8, 4) is 10.6 Å². The first-order valence-corrected chi connectivity index (χ1v) is 13.4. The number of nitrogens with one attached hydrogen (secondary N) is 2. The number of aliphatic hydroxyl groups is 3. The summed E-state index contributed by atoms with van der Waals surface area (Å²) in [4.78, 5) is 18.7. The van der Waals surface area contributed by atoms with Crippen LogP contribution in [0, 0.1) is 19.8 Å². The molecule has 0 saturated heterocycles. The minimum absolute atomic E-state index is 0.201.